The minimum atomic E-state index is -4.46. The van der Waals surface area contributed by atoms with Gasteiger partial charge < -0.3 is 10.2 Å². The third kappa shape index (κ3) is 5.38. The van der Waals surface area contributed by atoms with Crippen LogP contribution in [0.1, 0.15) is 38.2 Å². The van der Waals surface area contributed by atoms with Crippen LogP contribution in [-0.2, 0) is 11.0 Å². The van der Waals surface area contributed by atoms with Crippen molar-refractivity contribution in [3.05, 3.63) is 29.8 Å². The number of carbonyl (C=O) groups excluding carboxylic acids is 1. The highest BCUT2D eigenvalue weighted by molar-refractivity contribution is 8.02. The predicted octanol–water partition coefficient (Wildman–Crippen LogP) is 5.18. The number of anilines is 2. The van der Waals surface area contributed by atoms with Crippen molar-refractivity contribution in [2.24, 2.45) is 0 Å². The molecule has 1 aliphatic heterocycles. The van der Waals surface area contributed by atoms with Gasteiger partial charge in [0, 0.05) is 13.1 Å². The van der Waals surface area contributed by atoms with E-state index in [1.54, 1.807) is 0 Å². The summed E-state index contributed by atoms with van der Waals surface area (Å²) in [5, 5.41) is 10.6. The quantitative estimate of drug-likeness (QED) is 0.662. The summed E-state index contributed by atoms with van der Waals surface area (Å²) in [7, 11) is 0. The summed E-state index contributed by atoms with van der Waals surface area (Å²) >= 11 is 2.42. The summed E-state index contributed by atoms with van der Waals surface area (Å²) in [4.78, 5) is 14.5. The van der Waals surface area contributed by atoms with Gasteiger partial charge in [-0.05, 0) is 31.9 Å². The number of alkyl halides is 3. The van der Waals surface area contributed by atoms with Crippen LogP contribution in [0.25, 0.3) is 0 Å². The number of halogens is 3. The summed E-state index contributed by atoms with van der Waals surface area (Å²) in [6.07, 6.45) is -0.116. The normalized spacial score (nSPS) is 16.5. The highest BCUT2D eigenvalue weighted by Crippen LogP contribution is 2.37. The summed E-state index contributed by atoms with van der Waals surface area (Å²) in [5.74, 6) is 0.0685. The molecule has 1 aromatic carbocycles. The Hall–Kier alpha value is -1.81. The Labute approximate surface area is 169 Å². The Morgan fingerprint density at radius 1 is 1.18 bits per heavy atom. The number of carbonyl (C=O) groups is 1. The maximum absolute atomic E-state index is 13.1. The van der Waals surface area contributed by atoms with Crippen LogP contribution < -0.4 is 5.32 Å². The van der Waals surface area contributed by atoms with Crippen molar-refractivity contribution < 1.29 is 18.0 Å². The SMILES string of the molecule is C[C@H](Sc1nnc(Nc2ccccc2C(F)(F)F)s1)C(=O)N1CCCCCC1. The van der Waals surface area contributed by atoms with Gasteiger partial charge in [-0.3, -0.25) is 4.79 Å². The number of rotatable bonds is 5. The fourth-order valence-corrected chi connectivity index (χ4v) is 5.00. The van der Waals surface area contributed by atoms with Crippen molar-refractivity contribution in [1.82, 2.24) is 15.1 Å². The van der Waals surface area contributed by atoms with Crippen LogP contribution in [0, 0.1) is 0 Å². The van der Waals surface area contributed by atoms with Crippen molar-refractivity contribution in [3.8, 4) is 0 Å². The third-order valence-corrected chi connectivity index (χ3v) is 6.43. The molecule has 152 valence electrons. The van der Waals surface area contributed by atoms with Crippen molar-refractivity contribution >= 4 is 39.8 Å². The molecule has 1 amide bonds. The lowest BCUT2D eigenvalue weighted by molar-refractivity contribution is -0.137. The molecule has 2 aromatic rings. The number of likely N-dealkylation sites (tertiary alicyclic amines) is 1. The number of hydrogen-bond acceptors (Lipinski definition) is 6. The van der Waals surface area contributed by atoms with E-state index in [-0.39, 0.29) is 22.0 Å². The number of amides is 1. The number of para-hydroxylation sites is 1. The Morgan fingerprint density at radius 2 is 1.86 bits per heavy atom. The van der Waals surface area contributed by atoms with Gasteiger partial charge in [0.15, 0.2) is 4.34 Å². The Kier molecular flexibility index (Phi) is 6.82. The zero-order valence-electron chi connectivity index (χ0n) is 15.3. The molecule has 1 N–H and O–H groups in total. The Balaban J connectivity index is 1.64. The van der Waals surface area contributed by atoms with E-state index in [1.165, 1.54) is 30.0 Å². The number of thioether (sulfide) groups is 1. The summed E-state index contributed by atoms with van der Waals surface area (Å²) < 4.78 is 39.9. The highest BCUT2D eigenvalue weighted by Gasteiger charge is 2.33. The molecule has 1 aliphatic rings. The molecule has 2 heterocycles. The molecule has 1 aromatic heterocycles. The van der Waals surface area contributed by atoms with Crippen LogP contribution in [0.4, 0.5) is 24.0 Å². The standard InChI is InChI=1S/C18H21F3N4OS2/c1-12(15(26)25-10-6-2-3-7-11-25)27-17-24-23-16(28-17)22-14-9-5-4-8-13(14)18(19,20)21/h4-5,8-9,12H,2-3,6-7,10-11H2,1H3,(H,22,23)/t12-/m0/s1. The number of aromatic nitrogens is 2. The average molecular weight is 431 g/mol. The maximum atomic E-state index is 13.1. The van der Waals surface area contributed by atoms with Gasteiger partial charge in [-0.15, -0.1) is 10.2 Å². The average Bonchev–Trinajstić information content (AvgIpc) is 2.91. The highest BCUT2D eigenvalue weighted by atomic mass is 32.2. The van der Waals surface area contributed by atoms with Gasteiger partial charge in [0.05, 0.1) is 16.5 Å². The summed E-state index contributed by atoms with van der Waals surface area (Å²) in [6.45, 7) is 3.38. The zero-order valence-corrected chi connectivity index (χ0v) is 17.0. The van der Waals surface area contributed by atoms with E-state index in [1.807, 2.05) is 11.8 Å². The van der Waals surface area contributed by atoms with Crippen LogP contribution in [-0.4, -0.2) is 39.3 Å². The van der Waals surface area contributed by atoms with Crippen LogP contribution in [0.5, 0.6) is 0 Å². The second kappa shape index (κ2) is 9.13. The molecule has 3 rings (SSSR count). The molecule has 0 radical (unpaired) electrons. The first kappa shape index (κ1) is 20.9. The van der Waals surface area contributed by atoms with E-state index in [0.29, 0.717) is 4.34 Å². The van der Waals surface area contributed by atoms with E-state index in [0.717, 1.165) is 56.2 Å². The van der Waals surface area contributed by atoms with Gasteiger partial charge in [0.2, 0.25) is 11.0 Å². The molecule has 1 atom stereocenters. The van der Waals surface area contributed by atoms with E-state index in [2.05, 4.69) is 15.5 Å². The molecule has 0 unspecified atom stereocenters. The number of nitrogens with zero attached hydrogens (tertiary/aromatic N) is 3. The second-order valence-corrected chi connectivity index (χ2v) is 9.11. The Morgan fingerprint density at radius 3 is 2.54 bits per heavy atom. The van der Waals surface area contributed by atoms with Crippen LogP contribution >= 0.6 is 23.1 Å². The topological polar surface area (TPSA) is 58.1 Å². The van der Waals surface area contributed by atoms with Crippen molar-refractivity contribution in [3.63, 3.8) is 0 Å². The molecule has 1 saturated heterocycles. The number of benzene rings is 1. The smallest absolute Gasteiger partial charge is 0.342 e. The van der Waals surface area contributed by atoms with Gasteiger partial charge in [0.25, 0.3) is 0 Å². The monoisotopic (exact) mass is 430 g/mol. The van der Waals surface area contributed by atoms with Crippen LogP contribution in [0.15, 0.2) is 28.6 Å². The minimum Gasteiger partial charge on any atom is -0.342 e. The molecule has 0 spiro atoms. The zero-order chi connectivity index (χ0) is 20.1. The van der Waals surface area contributed by atoms with Gasteiger partial charge in [-0.1, -0.05) is 48.1 Å². The first-order valence-electron chi connectivity index (χ1n) is 9.07. The van der Waals surface area contributed by atoms with Crippen LogP contribution in [0.3, 0.4) is 0 Å². The van der Waals surface area contributed by atoms with Crippen LogP contribution in [0.2, 0.25) is 0 Å². The van der Waals surface area contributed by atoms with E-state index in [9.17, 15) is 18.0 Å². The number of hydrogen-bond donors (Lipinski definition) is 1. The van der Waals surface area contributed by atoms with E-state index in [4.69, 9.17) is 0 Å². The first-order chi connectivity index (χ1) is 13.3. The van der Waals surface area contributed by atoms with Gasteiger partial charge in [0.1, 0.15) is 0 Å². The predicted molar refractivity (Wildman–Crippen MR) is 105 cm³/mol. The molecule has 0 aliphatic carbocycles. The van der Waals surface area contributed by atoms with E-state index < -0.39 is 11.7 Å². The molecule has 28 heavy (non-hydrogen) atoms. The lowest BCUT2D eigenvalue weighted by Crippen LogP contribution is -2.37. The largest absolute Gasteiger partial charge is 0.418 e. The number of nitrogens with one attached hydrogen (secondary N) is 1. The first-order valence-corrected chi connectivity index (χ1v) is 10.8. The van der Waals surface area contributed by atoms with E-state index >= 15 is 0 Å². The van der Waals surface area contributed by atoms with Gasteiger partial charge in [-0.2, -0.15) is 13.2 Å². The minimum absolute atomic E-state index is 0.0685. The summed E-state index contributed by atoms with van der Waals surface area (Å²) in [6, 6.07) is 5.23. The maximum Gasteiger partial charge on any atom is 0.418 e. The fourth-order valence-electron chi connectivity index (χ4n) is 3.01. The van der Waals surface area contributed by atoms with Crippen molar-refractivity contribution in [1.29, 1.82) is 0 Å². The molecule has 0 saturated carbocycles. The van der Waals surface area contributed by atoms with Gasteiger partial charge in [-0.25, -0.2) is 0 Å². The molecular weight excluding hydrogens is 409 g/mol. The molecule has 1 fully saturated rings. The fraction of sp³-hybridized carbons (Fsp3) is 0.500. The second-order valence-electron chi connectivity index (χ2n) is 6.54. The molecule has 0 bridgehead atoms. The third-order valence-electron chi connectivity index (χ3n) is 4.42. The van der Waals surface area contributed by atoms with Crippen molar-refractivity contribution in [2.45, 2.75) is 48.4 Å². The Bertz CT molecular complexity index is 804. The molecule has 5 nitrogen and oxygen atoms in total. The van der Waals surface area contributed by atoms with Crippen molar-refractivity contribution in [2.75, 3.05) is 18.4 Å². The molecule has 10 heteroatoms. The molecular formula is C18H21F3N4OS2. The lowest BCUT2D eigenvalue weighted by Gasteiger charge is -2.23. The van der Waals surface area contributed by atoms with Gasteiger partial charge >= 0.3 is 6.18 Å². The lowest BCUT2D eigenvalue weighted by atomic mass is 10.2. The summed E-state index contributed by atoms with van der Waals surface area (Å²) in [5.41, 5.74) is -0.833.